The molecule has 10 heteroatoms. The average molecular weight is 432 g/mol. The molecule has 0 aliphatic rings. The van der Waals surface area contributed by atoms with E-state index < -0.39 is 15.7 Å². The summed E-state index contributed by atoms with van der Waals surface area (Å²) in [7, 11) is -3.72. The molecule has 2 heterocycles. The number of sulfone groups is 1. The molecule has 0 saturated heterocycles. The van der Waals surface area contributed by atoms with Crippen LogP contribution in [-0.2, 0) is 9.84 Å². The Labute approximate surface area is 177 Å². The largest absolute Gasteiger partial charge is 0.321 e. The number of nitrogens with one attached hydrogen (secondary N) is 1. The summed E-state index contributed by atoms with van der Waals surface area (Å²) in [6, 6.07) is 16.9. The van der Waals surface area contributed by atoms with Gasteiger partial charge < -0.3 is 5.32 Å². The van der Waals surface area contributed by atoms with E-state index in [0.717, 1.165) is 17.5 Å². The van der Waals surface area contributed by atoms with Gasteiger partial charge in [-0.25, -0.2) is 13.4 Å². The van der Waals surface area contributed by atoms with E-state index in [4.69, 9.17) is 5.26 Å². The van der Waals surface area contributed by atoms with Crippen LogP contribution in [0.15, 0.2) is 59.5 Å². The summed E-state index contributed by atoms with van der Waals surface area (Å²) in [4.78, 5) is 17.9. The van der Waals surface area contributed by atoms with E-state index in [1.54, 1.807) is 24.3 Å². The summed E-state index contributed by atoms with van der Waals surface area (Å²) in [6.07, 6.45) is 0.974. The first kappa shape index (κ1) is 20.2. The van der Waals surface area contributed by atoms with Crippen molar-refractivity contribution in [3.05, 3.63) is 71.5 Å². The smallest absolute Gasteiger partial charge is 0.275 e. The highest BCUT2D eigenvalue weighted by Gasteiger charge is 2.21. The van der Waals surface area contributed by atoms with E-state index in [1.807, 2.05) is 31.2 Å². The molecule has 9 nitrogen and oxygen atoms in total. The molecule has 0 atom stereocenters. The van der Waals surface area contributed by atoms with E-state index in [0.29, 0.717) is 16.7 Å². The van der Waals surface area contributed by atoms with Gasteiger partial charge in [-0.3, -0.25) is 4.79 Å². The van der Waals surface area contributed by atoms with Crippen LogP contribution in [0.4, 0.5) is 5.69 Å². The van der Waals surface area contributed by atoms with Crippen LogP contribution in [0.2, 0.25) is 0 Å². The van der Waals surface area contributed by atoms with Gasteiger partial charge in [0.05, 0.1) is 10.6 Å². The lowest BCUT2D eigenvalue weighted by molar-refractivity contribution is 0.101. The maximum Gasteiger partial charge on any atom is 0.275 e. The van der Waals surface area contributed by atoms with Gasteiger partial charge >= 0.3 is 0 Å². The quantitative estimate of drug-likeness (QED) is 0.524. The molecule has 0 radical (unpaired) electrons. The maximum atomic E-state index is 12.8. The highest BCUT2D eigenvalue weighted by molar-refractivity contribution is 7.90. The van der Waals surface area contributed by atoms with Gasteiger partial charge in [0.15, 0.2) is 9.84 Å². The molecule has 1 N–H and O–H groups in total. The zero-order valence-corrected chi connectivity index (χ0v) is 17.4. The van der Waals surface area contributed by atoms with Crippen LogP contribution in [0.3, 0.4) is 0 Å². The van der Waals surface area contributed by atoms with Crippen molar-refractivity contribution in [1.82, 2.24) is 20.0 Å². The molecule has 2 aromatic carbocycles. The Morgan fingerprint density at radius 3 is 2.42 bits per heavy atom. The molecule has 0 unspecified atom stereocenters. The predicted octanol–water partition coefficient (Wildman–Crippen LogP) is 2.65. The van der Waals surface area contributed by atoms with Gasteiger partial charge in [0.2, 0.25) is 0 Å². The molecule has 4 aromatic rings. The Bertz CT molecular complexity index is 1470. The second-order valence-corrected chi connectivity index (χ2v) is 8.89. The maximum absolute atomic E-state index is 12.8. The zero-order valence-electron chi connectivity index (χ0n) is 16.6. The Morgan fingerprint density at radius 1 is 1.03 bits per heavy atom. The number of fused-ring (bicyclic) bond motifs is 1. The number of amides is 1. The van der Waals surface area contributed by atoms with Crippen LogP contribution in [-0.4, -0.2) is 40.6 Å². The molecule has 2 aromatic heterocycles. The molecular formula is C21H16N6O3S. The zero-order chi connectivity index (χ0) is 22.2. The first-order chi connectivity index (χ1) is 14.7. The number of carbonyl (C=O) groups excluding carboxylic acids is 1. The molecule has 1 amide bonds. The molecule has 0 fully saturated rings. The SMILES string of the molecule is Cc1ccc(-n2nc3ccc(NC(=O)c4nc(C#N)ccc4S(C)(=O)=O)cc3n2)cc1. The monoisotopic (exact) mass is 432 g/mol. The van der Waals surface area contributed by atoms with Gasteiger partial charge in [0, 0.05) is 11.9 Å². The van der Waals surface area contributed by atoms with E-state index in [9.17, 15) is 13.2 Å². The minimum atomic E-state index is -3.72. The van der Waals surface area contributed by atoms with E-state index in [1.165, 1.54) is 16.9 Å². The van der Waals surface area contributed by atoms with Crippen molar-refractivity contribution in [3.63, 3.8) is 0 Å². The van der Waals surface area contributed by atoms with Crippen molar-refractivity contribution in [2.24, 2.45) is 0 Å². The number of hydrogen-bond acceptors (Lipinski definition) is 7. The number of nitriles is 1. The second-order valence-electron chi connectivity index (χ2n) is 6.91. The summed E-state index contributed by atoms with van der Waals surface area (Å²) in [5.41, 5.74) is 3.06. The number of aryl methyl sites for hydroxylation is 1. The van der Waals surface area contributed by atoms with E-state index >= 15 is 0 Å². The van der Waals surface area contributed by atoms with Crippen LogP contribution in [0.1, 0.15) is 21.7 Å². The highest BCUT2D eigenvalue weighted by Crippen LogP contribution is 2.20. The standard InChI is InChI=1S/C21H16N6O3S/c1-13-3-7-16(8-4-13)27-25-17-9-5-14(11-18(17)26-27)24-21(28)20-19(31(2,29)30)10-6-15(12-22)23-20/h3-11H,1-2H3,(H,24,28). The van der Waals surface area contributed by atoms with Crippen LogP contribution < -0.4 is 5.32 Å². The Kier molecular flexibility index (Phi) is 4.96. The van der Waals surface area contributed by atoms with Gasteiger partial charge in [0.25, 0.3) is 5.91 Å². The number of benzene rings is 2. The number of rotatable bonds is 4. The van der Waals surface area contributed by atoms with Gasteiger partial charge in [-0.1, -0.05) is 17.7 Å². The Balaban J connectivity index is 1.67. The Morgan fingerprint density at radius 2 is 1.74 bits per heavy atom. The summed E-state index contributed by atoms with van der Waals surface area (Å²) in [5, 5.41) is 20.5. The number of nitrogens with zero attached hydrogens (tertiary/aromatic N) is 5. The average Bonchev–Trinajstić information content (AvgIpc) is 3.16. The summed E-state index contributed by atoms with van der Waals surface area (Å²) < 4.78 is 24.0. The molecule has 0 aliphatic heterocycles. The minimum Gasteiger partial charge on any atom is -0.321 e. The molecule has 4 rings (SSSR count). The van der Waals surface area contributed by atoms with E-state index in [2.05, 4.69) is 20.5 Å². The fourth-order valence-corrected chi connectivity index (χ4v) is 3.75. The Hall–Kier alpha value is -4.10. The predicted molar refractivity (Wildman–Crippen MR) is 114 cm³/mol. The van der Waals surface area contributed by atoms with Crippen molar-refractivity contribution in [3.8, 4) is 11.8 Å². The minimum absolute atomic E-state index is 0.0611. The van der Waals surface area contributed by atoms with Crippen molar-refractivity contribution < 1.29 is 13.2 Å². The fourth-order valence-electron chi connectivity index (χ4n) is 2.95. The molecule has 0 aliphatic carbocycles. The molecular weight excluding hydrogens is 416 g/mol. The molecule has 154 valence electrons. The molecule has 31 heavy (non-hydrogen) atoms. The first-order valence-electron chi connectivity index (χ1n) is 9.11. The molecule has 0 saturated carbocycles. The van der Waals surface area contributed by atoms with Crippen molar-refractivity contribution in [1.29, 1.82) is 5.26 Å². The van der Waals surface area contributed by atoms with Crippen LogP contribution >= 0.6 is 0 Å². The number of hydrogen-bond donors (Lipinski definition) is 1. The summed E-state index contributed by atoms with van der Waals surface area (Å²) >= 11 is 0. The van der Waals surface area contributed by atoms with Gasteiger partial charge in [0.1, 0.15) is 28.5 Å². The highest BCUT2D eigenvalue weighted by atomic mass is 32.2. The van der Waals surface area contributed by atoms with Crippen LogP contribution in [0.25, 0.3) is 16.7 Å². The molecule has 0 bridgehead atoms. The van der Waals surface area contributed by atoms with Crippen LogP contribution in [0.5, 0.6) is 0 Å². The third-order valence-corrected chi connectivity index (χ3v) is 5.62. The van der Waals surface area contributed by atoms with Gasteiger partial charge in [-0.05, 0) is 49.4 Å². The van der Waals surface area contributed by atoms with Crippen molar-refractivity contribution in [2.45, 2.75) is 11.8 Å². The fraction of sp³-hybridized carbons (Fsp3) is 0.0952. The first-order valence-corrected chi connectivity index (χ1v) is 11.0. The van der Waals surface area contributed by atoms with Gasteiger partial charge in [-0.15, -0.1) is 10.2 Å². The normalized spacial score (nSPS) is 11.3. The third kappa shape index (κ3) is 4.12. The number of aromatic nitrogens is 4. The summed E-state index contributed by atoms with van der Waals surface area (Å²) in [6.45, 7) is 1.99. The van der Waals surface area contributed by atoms with Crippen molar-refractivity contribution >= 4 is 32.5 Å². The lowest BCUT2D eigenvalue weighted by Crippen LogP contribution is -2.18. The second kappa shape index (κ2) is 7.62. The number of anilines is 1. The van der Waals surface area contributed by atoms with Crippen LogP contribution in [0, 0.1) is 18.3 Å². The van der Waals surface area contributed by atoms with Gasteiger partial charge in [-0.2, -0.15) is 10.1 Å². The lowest BCUT2D eigenvalue weighted by atomic mass is 10.2. The third-order valence-electron chi connectivity index (χ3n) is 4.49. The van der Waals surface area contributed by atoms with Crippen molar-refractivity contribution in [2.75, 3.05) is 11.6 Å². The summed E-state index contributed by atoms with van der Waals surface area (Å²) in [5.74, 6) is -0.747. The molecule has 0 spiro atoms. The van der Waals surface area contributed by atoms with E-state index in [-0.39, 0.29) is 16.3 Å². The number of carbonyl (C=O) groups is 1. The number of pyridine rings is 1. The lowest BCUT2D eigenvalue weighted by Gasteiger charge is -2.08. The topological polar surface area (TPSA) is 131 Å².